The molecule has 0 spiro atoms. The molecule has 2 aromatic rings. The number of aliphatic hydroxyl groups excluding tert-OH is 2. The van der Waals surface area contributed by atoms with Crippen LogP contribution in [0, 0.1) is 0 Å². The van der Waals surface area contributed by atoms with Gasteiger partial charge in [0.05, 0.1) is 19.1 Å². The van der Waals surface area contributed by atoms with Crippen molar-refractivity contribution in [2.45, 2.75) is 44.1 Å². The van der Waals surface area contributed by atoms with E-state index in [4.69, 9.17) is 14.2 Å². The summed E-state index contributed by atoms with van der Waals surface area (Å²) in [6.07, 6.45) is -2.47. The molecule has 1 unspecified atom stereocenters. The van der Waals surface area contributed by atoms with Gasteiger partial charge in [0.25, 0.3) is 0 Å². The van der Waals surface area contributed by atoms with Crippen LogP contribution in [-0.4, -0.2) is 54.2 Å². The Bertz CT molecular complexity index is 757. The number of esters is 1. The average Bonchev–Trinajstić information content (AvgIpc) is 2.79. The first-order chi connectivity index (χ1) is 14.6. The van der Waals surface area contributed by atoms with Crippen molar-refractivity contribution in [3.63, 3.8) is 0 Å². The van der Waals surface area contributed by atoms with Crippen LogP contribution in [0.3, 0.4) is 0 Å². The van der Waals surface area contributed by atoms with Gasteiger partial charge in [-0.15, -0.1) is 0 Å². The maximum atomic E-state index is 11.8. The maximum absolute atomic E-state index is 11.8. The van der Waals surface area contributed by atoms with Crippen LogP contribution in [0.1, 0.15) is 30.3 Å². The number of carbonyl (C=O) groups is 1. The maximum Gasteiger partial charge on any atom is 0.307 e. The quantitative estimate of drug-likeness (QED) is 0.403. The molecule has 3 N–H and O–H groups in total. The van der Waals surface area contributed by atoms with Gasteiger partial charge in [-0.2, -0.15) is 0 Å². The zero-order valence-corrected chi connectivity index (χ0v) is 16.9. The van der Waals surface area contributed by atoms with E-state index in [0.717, 1.165) is 11.1 Å². The number of rotatable bonds is 10. The first kappa shape index (κ1) is 22.4. The van der Waals surface area contributed by atoms with Crippen LogP contribution in [0.5, 0.6) is 0 Å². The summed E-state index contributed by atoms with van der Waals surface area (Å²) < 4.78 is 16.5. The van der Waals surface area contributed by atoms with Crippen LogP contribution in [0.15, 0.2) is 60.7 Å². The number of benzene rings is 2. The fourth-order valence-electron chi connectivity index (χ4n) is 3.23. The Labute approximate surface area is 176 Å². The Kier molecular flexibility index (Phi) is 8.80. The molecule has 7 nitrogen and oxygen atoms in total. The summed E-state index contributed by atoms with van der Waals surface area (Å²) >= 11 is 0. The molecule has 162 valence electrons. The summed E-state index contributed by atoms with van der Waals surface area (Å²) in [5.41, 5.74) is 1.79. The van der Waals surface area contributed by atoms with Gasteiger partial charge in [0.2, 0.25) is 0 Å². The van der Waals surface area contributed by atoms with Gasteiger partial charge < -0.3 is 29.7 Å². The SMILES string of the molecule is O=C(CCNCC[C@@H](O)[C@@H]1O[C@H](c2ccccc2)OCC1O)OCc1ccccc1. The number of nitrogens with one attached hydrogen (secondary N) is 1. The fraction of sp³-hybridized carbons (Fsp3) is 0.435. The van der Waals surface area contributed by atoms with Crippen molar-refractivity contribution in [1.29, 1.82) is 0 Å². The predicted molar refractivity (Wildman–Crippen MR) is 110 cm³/mol. The lowest BCUT2D eigenvalue weighted by molar-refractivity contribution is -0.275. The van der Waals surface area contributed by atoms with E-state index >= 15 is 0 Å². The molecule has 0 saturated carbocycles. The lowest BCUT2D eigenvalue weighted by Crippen LogP contribution is -2.48. The topological polar surface area (TPSA) is 97.3 Å². The highest BCUT2D eigenvalue weighted by Crippen LogP contribution is 2.28. The Hall–Kier alpha value is -2.29. The minimum atomic E-state index is -0.895. The molecule has 1 aliphatic rings. The van der Waals surface area contributed by atoms with Crippen LogP contribution in [-0.2, 0) is 25.6 Å². The Morgan fingerprint density at radius 2 is 1.80 bits per heavy atom. The van der Waals surface area contributed by atoms with Crippen molar-refractivity contribution in [2.24, 2.45) is 0 Å². The molecule has 0 aromatic heterocycles. The van der Waals surface area contributed by atoms with Gasteiger partial charge in [-0.1, -0.05) is 60.7 Å². The van der Waals surface area contributed by atoms with Gasteiger partial charge in [0.1, 0.15) is 18.8 Å². The van der Waals surface area contributed by atoms with Crippen LogP contribution < -0.4 is 5.32 Å². The number of hydrogen-bond donors (Lipinski definition) is 3. The average molecular weight is 415 g/mol. The van der Waals surface area contributed by atoms with E-state index in [0.29, 0.717) is 19.5 Å². The highest BCUT2D eigenvalue weighted by atomic mass is 16.7. The minimum Gasteiger partial charge on any atom is -0.461 e. The zero-order chi connectivity index (χ0) is 21.2. The van der Waals surface area contributed by atoms with Crippen LogP contribution in [0.2, 0.25) is 0 Å². The normalized spacial score (nSPS) is 22.4. The molecular weight excluding hydrogens is 386 g/mol. The zero-order valence-electron chi connectivity index (χ0n) is 16.9. The molecule has 2 aromatic carbocycles. The second-order valence-corrected chi connectivity index (χ2v) is 7.25. The van der Waals surface area contributed by atoms with Gasteiger partial charge >= 0.3 is 5.97 Å². The Morgan fingerprint density at radius 3 is 2.53 bits per heavy atom. The molecule has 1 heterocycles. The number of hydrogen-bond acceptors (Lipinski definition) is 7. The summed E-state index contributed by atoms with van der Waals surface area (Å²) in [5.74, 6) is -0.277. The summed E-state index contributed by atoms with van der Waals surface area (Å²) in [7, 11) is 0. The molecular formula is C23H29NO6. The highest BCUT2D eigenvalue weighted by Gasteiger charge is 2.36. The van der Waals surface area contributed by atoms with Crippen molar-refractivity contribution in [1.82, 2.24) is 5.32 Å². The molecule has 3 rings (SSSR count). The van der Waals surface area contributed by atoms with Crippen molar-refractivity contribution < 1.29 is 29.2 Å². The van der Waals surface area contributed by atoms with Crippen molar-refractivity contribution >= 4 is 5.97 Å². The summed E-state index contributed by atoms with van der Waals surface area (Å²) in [6, 6.07) is 18.9. The van der Waals surface area contributed by atoms with E-state index in [-0.39, 0.29) is 25.6 Å². The fourth-order valence-corrected chi connectivity index (χ4v) is 3.23. The van der Waals surface area contributed by atoms with Crippen molar-refractivity contribution in [2.75, 3.05) is 19.7 Å². The number of aliphatic hydroxyl groups is 2. The molecule has 0 aliphatic carbocycles. The van der Waals surface area contributed by atoms with Gasteiger partial charge in [0.15, 0.2) is 6.29 Å². The van der Waals surface area contributed by atoms with Gasteiger partial charge in [-0.05, 0) is 18.5 Å². The minimum absolute atomic E-state index is 0.0992. The number of ether oxygens (including phenoxy) is 3. The molecule has 7 heteroatoms. The van der Waals surface area contributed by atoms with Crippen LogP contribution in [0.25, 0.3) is 0 Å². The molecule has 0 bridgehead atoms. The van der Waals surface area contributed by atoms with Gasteiger partial charge in [-0.3, -0.25) is 4.79 Å². The standard InChI is InChI=1S/C23H29NO6/c25-19(22-20(26)16-29-23(30-22)18-9-5-2-6-10-18)11-13-24-14-12-21(27)28-15-17-7-3-1-4-8-17/h1-10,19-20,22-26H,11-16H2/t19-,20?,22+,23-/m1/s1. The van der Waals surface area contributed by atoms with Crippen LogP contribution >= 0.6 is 0 Å². The van der Waals surface area contributed by atoms with E-state index in [9.17, 15) is 15.0 Å². The summed E-state index contributed by atoms with van der Waals surface area (Å²) in [6.45, 7) is 1.29. The van der Waals surface area contributed by atoms with Gasteiger partial charge in [0, 0.05) is 12.1 Å². The van der Waals surface area contributed by atoms with E-state index in [1.807, 2.05) is 60.7 Å². The Morgan fingerprint density at radius 1 is 1.10 bits per heavy atom. The summed E-state index contributed by atoms with van der Waals surface area (Å²) in [5, 5.41) is 23.7. The first-order valence-electron chi connectivity index (χ1n) is 10.2. The summed E-state index contributed by atoms with van der Waals surface area (Å²) in [4.78, 5) is 11.8. The molecule has 0 radical (unpaired) electrons. The smallest absolute Gasteiger partial charge is 0.307 e. The van der Waals surface area contributed by atoms with Crippen LogP contribution in [0.4, 0.5) is 0 Å². The van der Waals surface area contributed by atoms with Crippen molar-refractivity contribution in [3.05, 3.63) is 71.8 Å². The molecule has 1 saturated heterocycles. The molecule has 1 fully saturated rings. The molecule has 4 atom stereocenters. The number of carbonyl (C=O) groups excluding carboxylic acids is 1. The third-order valence-corrected chi connectivity index (χ3v) is 4.89. The predicted octanol–water partition coefficient (Wildman–Crippen LogP) is 1.94. The lowest BCUT2D eigenvalue weighted by Gasteiger charge is -2.36. The molecule has 0 amide bonds. The van der Waals surface area contributed by atoms with Gasteiger partial charge in [-0.25, -0.2) is 0 Å². The highest BCUT2D eigenvalue weighted by molar-refractivity contribution is 5.69. The largest absolute Gasteiger partial charge is 0.461 e. The second-order valence-electron chi connectivity index (χ2n) is 7.25. The monoisotopic (exact) mass is 415 g/mol. The van der Waals surface area contributed by atoms with E-state index in [2.05, 4.69) is 5.32 Å². The molecule has 1 aliphatic heterocycles. The van der Waals surface area contributed by atoms with E-state index < -0.39 is 24.6 Å². The first-order valence-corrected chi connectivity index (χ1v) is 10.2. The third kappa shape index (κ3) is 6.90. The third-order valence-electron chi connectivity index (χ3n) is 4.89. The second kappa shape index (κ2) is 11.8. The van der Waals surface area contributed by atoms with Crippen molar-refractivity contribution in [3.8, 4) is 0 Å². The van der Waals surface area contributed by atoms with E-state index in [1.54, 1.807) is 0 Å². The molecule has 30 heavy (non-hydrogen) atoms. The lowest BCUT2D eigenvalue weighted by atomic mass is 10.0. The Balaban J connectivity index is 1.32. The van der Waals surface area contributed by atoms with E-state index in [1.165, 1.54) is 0 Å².